The van der Waals surface area contributed by atoms with E-state index in [-0.39, 0.29) is 5.70 Å². The van der Waals surface area contributed by atoms with Gasteiger partial charge in [0, 0.05) is 9.13 Å². The fourth-order valence-electron chi connectivity index (χ4n) is 2.38. The molecule has 0 bridgehead atoms. The summed E-state index contributed by atoms with van der Waals surface area (Å²) in [6.45, 7) is 6.09. The van der Waals surface area contributed by atoms with Gasteiger partial charge < -0.3 is 14.2 Å². The highest BCUT2D eigenvalue weighted by Gasteiger charge is 2.24. The number of methoxy groups -OCH3 is 1. The molecule has 3 rings (SSSR count). The first-order chi connectivity index (χ1) is 13.0. The van der Waals surface area contributed by atoms with Crippen LogP contribution in [0.2, 0.25) is 0 Å². The van der Waals surface area contributed by atoms with E-state index in [1.54, 1.807) is 25.3 Å². The first-order valence-corrected chi connectivity index (χ1v) is 9.28. The van der Waals surface area contributed by atoms with Gasteiger partial charge in [-0.05, 0) is 83.1 Å². The summed E-state index contributed by atoms with van der Waals surface area (Å²) >= 11 is 2.22. The van der Waals surface area contributed by atoms with Crippen molar-refractivity contribution in [2.24, 2.45) is 4.99 Å². The maximum absolute atomic E-state index is 12.2. The van der Waals surface area contributed by atoms with E-state index in [1.165, 1.54) is 0 Å². The summed E-state index contributed by atoms with van der Waals surface area (Å²) in [5.41, 5.74) is 2.64. The highest BCUT2D eigenvalue weighted by molar-refractivity contribution is 14.1. The molecule has 1 heterocycles. The molecule has 1 aliphatic rings. The number of esters is 1. The van der Waals surface area contributed by atoms with Crippen molar-refractivity contribution >= 4 is 40.5 Å². The van der Waals surface area contributed by atoms with E-state index in [4.69, 9.17) is 14.2 Å². The van der Waals surface area contributed by atoms with Gasteiger partial charge in [-0.2, -0.15) is 0 Å². The number of carbonyl (C=O) groups excluding carboxylic acids is 1. The van der Waals surface area contributed by atoms with Crippen LogP contribution in [0.3, 0.4) is 0 Å². The Morgan fingerprint density at radius 2 is 1.96 bits per heavy atom. The van der Waals surface area contributed by atoms with Crippen LogP contribution >= 0.6 is 22.6 Å². The molecule has 0 saturated heterocycles. The predicted octanol–water partition coefficient (Wildman–Crippen LogP) is 4.60. The lowest BCUT2D eigenvalue weighted by Gasteiger charge is -2.11. The van der Waals surface area contributed by atoms with E-state index in [0.717, 1.165) is 20.3 Å². The lowest BCUT2D eigenvalue weighted by molar-refractivity contribution is -0.129. The Morgan fingerprint density at radius 3 is 2.63 bits per heavy atom. The fraction of sp³-hybridized carbons (Fsp3) is 0.143. The molecule has 0 aliphatic carbocycles. The maximum Gasteiger partial charge on any atom is 0.363 e. The Hall–Kier alpha value is -2.61. The molecule has 0 unspecified atom stereocenters. The Labute approximate surface area is 171 Å². The van der Waals surface area contributed by atoms with Crippen LogP contribution in [-0.2, 0) is 9.53 Å². The SMILES string of the molecule is C=C(C)COc1cc(/C=C2\N=C(c3ccc(I)cc3)OC2=O)ccc1OC. The number of rotatable bonds is 6. The third-order valence-electron chi connectivity index (χ3n) is 3.68. The van der Waals surface area contributed by atoms with Crippen molar-refractivity contribution in [3.63, 3.8) is 0 Å². The van der Waals surface area contributed by atoms with Crippen molar-refractivity contribution in [1.29, 1.82) is 0 Å². The van der Waals surface area contributed by atoms with Crippen molar-refractivity contribution in [3.05, 3.63) is 75.0 Å². The van der Waals surface area contributed by atoms with Gasteiger partial charge >= 0.3 is 5.97 Å². The zero-order valence-electron chi connectivity index (χ0n) is 15.0. The molecule has 0 saturated carbocycles. The van der Waals surface area contributed by atoms with Crippen LogP contribution < -0.4 is 9.47 Å². The molecule has 0 radical (unpaired) electrons. The van der Waals surface area contributed by atoms with Gasteiger partial charge in [0.2, 0.25) is 5.90 Å². The number of benzene rings is 2. The Kier molecular flexibility index (Phi) is 5.95. The van der Waals surface area contributed by atoms with Crippen LogP contribution in [-0.4, -0.2) is 25.6 Å². The van der Waals surface area contributed by atoms with Crippen molar-refractivity contribution in [2.75, 3.05) is 13.7 Å². The molecular weight excluding hydrogens is 457 g/mol. The smallest absolute Gasteiger partial charge is 0.363 e. The summed E-state index contributed by atoms with van der Waals surface area (Å²) in [7, 11) is 1.58. The maximum atomic E-state index is 12.2. The highest BCUT2D eigenvalue weighted by Crippen LogP contribution is 2.30. The lowest BCUT2D eigenvalue weighted by Crippen LogP contribution is -2.05. The number of cyclic esters (lactones) is 1. The molecule has 0 fully saturated rings. The summed E-state index contributed by atoms with van der Waals surface area (Å²) in [4.78, 5) is 16.5. The minimum absolute atomic E-state index is 0.236. The molecule has 5 nitrogen and oxygen atoms in total. The Morgan fingerprint density at radius 1 is 1.22 bits per heavy atom. The summed E-state index contributed by atoms with van der Waals surface area (Å²) in [6.07, 6.45) is 1.66. The third-order valence-corrected chi connectivity index (χ3v) is 4.40. The molecule has 6 heteroatoms. The predicted molar refractivity (Wildman–Crippen MR) is 113 cm³/mol. The number of carbonyl (C=O) groups is 1. The molecule has 0 atom stereocenters. The van der Waals surface area contributed by atoms with Crippen LogP contribution in [0.5, 0.6) is 11.5 Å². The summed E-state index contributed by atoms with van der Waals surface area (Å²) in [5.74, 6) is 0.997. The molecule has 138 valence electrons. The number of hydrogen-bond acceptors (Lipinski definition) is 5. The zero-order valence-corrected chi connectivity index (χ0v) is 17.1. The van der Waals surface area contributed by atoms with Gasteiger partial charge in [0.15, 0.2) is 17.2 Å². The molecule has 0 amide bonds. The first kappa shape index (κ1) is 19.2. The van der Waals surface area contributed by atoms with Crippen LogP contribution in [0.25, 0.3) is 6.08 Å². The van der Waals surface area contributed by atoms with E-state index in [1.807, 2.05) is 37.3 Å². The van der Waals surface area contributed by atoms with Gasteiger partial charge in [0.1, 0.15) is 6.61 Å². The van der Waals surface area contributed by atoms with Gasteiger partial charge in [-0.15, -0.1) is 0 Å². The highest BCUT2D eigenvalue weighted by atomic mass is 127. The number of nitrogens with zero attached hydrogens (tertiary/aromatic N) is 1. The number of hydrogen-bond donors (Lipinski definition) is 0. The monoisotopic (exact) mass is 475 g/mol. The minimum atomic E-state index is -0.483. The van der Waals surface area contributed by atoms with Crippen LogP contribution in [0.1, 0.15) is 18.1 Å². The Balaban J connectivity index is 1.88. The van der Waals surface area contributed by atoms with E-state index < -0.39 is 5.97 Å². The lowest BCUT2D eigenvalue weighted by atomic mass is 10.1. The normalized spacial score (nSPS) is 14.7. The molecule has 27 heavy (non-hydrogen) atoms. The average Bonchev–Trinajstić information content (AvgIpc) is 3.01. The summed E-state index contributed by atoms with van der Waals surface area (Å²) in [5, 5.41) is 0. The summed E-state index contributed by atoms with van der Waals surface area (Å²) in [6, 6.07) is 13.0. The fourth-order valence-corrected chi connectivity index (χ4v) is 2.74. The summed E-state index contributed by atoms with van der Waals surface area (Å²) < 4.78 is 17.4. The Bertz CT molecular complexity index is 945. The number of ether oxygens (including phenoxy) is 3. The molecule has 2 aromatic rings. The molecular formula is C21H18INO4. The molecule has 0 N–H and O–H groups in total. The zero-order chi connectivity index (χ0) is 19.4. The molecule has 2 aromatic carbocycles. The van der Waals surface area contributed by atoms with Gasteiger partial charge in [-0.3, -0.25) is 0 Å². The van der Waals surface area contributed by atoms with Gasteiger partial charge in [0.25, 0.3) is 0 Å². The van der Waals surface area contributed by atoms with E-state index >= 15 is 0 Å². The minimum Gasteiger partial charge on any atom is -0.493 e. The molecule has 0 aromatic heterocycles. The standard InChI is InChI=1S/C21H18INO4/c1-13(2)12-26-19-11-14(4-9-18(19)25-3)10-17-21(24)27-20(23-17)15-5-7-16(22)8-6-15/h4-11H,1,12H2,2-3H3/b17-10-. The molecule has 1 aliphatic heterocycles. The van der Waals surface area contributed by atoms with E-state index in [9.17, 15) is 4.79 Å². The van der Waals surface area contributed by atoms with E-state index in [2.05, 4.69) is 34.2 Å². The number of aliphatic imine (C=N–C) groups is 1. The largest absolute Gasteiger partial charge is 0.493 e. The van der Waals surface area contributed by atoms with Gasteiger partial charge in [0.05, 0.1) is 7.11 Å². The quantitative estimate of drug-likeness (QED) is 0.265. The van der Waals surface area contributed by atoms with Crippen LogP contribution in [0.4, 0.5) is 0 Å². The number of halogens is 1. The van der Waals surface area contributed by atoms with Gasteiger partial charge in [-0.25, -0.2) is 9.79 Å². The van der Waals surface area contributed by atoms with E-state index in [0.29, 0.717) is 24.0 Å². The average molecular weight is 475 g/mol. The first-order valence-electron chi connectivity index (χ1n) is 8.20. The van der Waals surface area contributed by atoms with Crippen molar-refractivity contribution in [2.45, 2.75) is 6.92 Å². The van der Waals surface area contributed by atoms with Crippen LogP contribution in [0, 0.1) is 3.57 Å². The third kappa shape index (κ3) is 4.77. The molecule has 0 spiro atoms. The van der Waals surface area contributed by atoms with Crippen LogP contribution in [0.15, 0.2) is 65.3 Å². The second-order valence-electron chi connectivity index (χ2n) is 6.00. The van der Waals surface area contributed by atoms with Crippen molar-refractivity contribution in [1.82, 2.24) is 0 Å². The second-order valence-corrected chi connectivity index (χ2v) is 7.24. The second kappa shape index (κ2) is 8.39. The topological polar surface area (TPSA) is 57.1 Å². The van der Waals surface area contributed by atoms with Gasteiger partial charge in [-0.1, -0.05) is 12.6 Å². The van der Waals surface area contributed by atoms with Crippen molar-refractivity contribution < 1.29 is 19.0 Å². The van der Waals surface area contributed by atoms with Crippen molar-refractivity contribution in [3.8, 4) is 11.5 Å².